The number of imidazole rings is 1. The highest BCUT2D eigenvalue weighted by molar-refractivity contribution is 7.15. The molecule has 4 aromatic rings. The Morgan fingerprint density at radius 1 is 1.23 bits per heavy atom. The van der Waals surface area contributed by atoms with Gasteiger partial charge in [0.1, 0.15) is 17.8 Å². The Bertz CT molecular complexity index is 930. The summed E-state index contributed by atoms with van der Waals surface area (Å²) in [4.78, 5) is 14.1. The van der Waals surface area contributed by atoms with Crippen molar-refractivity contribution in [1.82, 2.24) is 19.4 Å². The van der Waals surface area contributed by atoms with E-state index < -0.39 is 0 Å². The lowest BCUT2D eigenvalue weighted by atomic mass is 10.1. The quantitative estimate of drug-likeness (QED) is 0.581. The summed E-state index contributed by atoms with van der Waals surface area (Å²) in [7, 11) is 1.66. The second kappa shape index (κ2) is 5.23. The van der Waals surface area contributed by atoms with Crippen molar-refractivity contribution in [2.45, 2.75) is 0 Å². The Balaban J connectivity index is 1.99. The fraction of sp³-hybridized carbons (Fsp3) is 0.0625. The lowest BCUT2D eigenvalue weighted by Gasteiger charge is -2.05. The summed E-state index contributed by atoms with van der Waals surface area (Å²) in [5.74, 6) is 0.808. The smallest absolute Gasteiger partial charge is 0.194 e. The molecule has 1 aromatic carbocycles. The molecular formula is C16H12N4OS. The van der Waals surface area contributed by atoms with Crippen LogP contribution in [-0.4, -0.2) is 26.5 Å². The van der Waals surface area contributed by atoms with Crippen molar-refractivity contribution in [1.29, 1.82) is 0 Å². The Kier molecular flexibility index (Phi) is 3.08. The van der Waals surface area contributed by atoms with Crippen molar-refractivity contribution in [3.8, 4) is 28.4 Å². The fourth-order valence-electron chi connectivity index (χ4n) is 2.43. The number of aromatic nitrogens is 4. The first-order valence-corrected chi connectivity index (χ1v) is 7.61. The molecule has 0 N–H and O–H groups in total. The van der Waals surface area contributed by atoms with Crippen LogP contribution in [0.15, 0.2) is 54.4 Å². The van der Waals surface area contributed by atoms with Gasteiger partial charge in [-0.05, 0) is 18.2 Å². The molecule has 0 atom stereocenters. The first-order chi connectivity index (χ1) is 10.9. The van der Waals surface area contributed by atoms with E-state index in [1.54, 1.807) is 31.0 Å². The molecule has 0 radical (unpaired) electrons. The number of methoxy groups -OCH3 is 1. The second-order valence-corrected chi connectivity index (χ2v) is 5.56. The maximum Gasteiger partial charge on any atom is 0.194 e. The summed E-state index contributed by atoms with van der Waals surface area (Å²) in [6, 6.07) is 9.79. The lowest BCUT2D eigenvalue weighted by Crippen LogP contribution is -1.91. The van der Waals surface area contributed by atoms with Gasteiger partial charge < -0.3 is 4.74 Å². The van der Waals surface area contributed by atoms with Crippen LogP contribution in [0.25, 0.3) is 27.6 Å². The lowest BCUT2D eigenvalue weighted by molar-refractivity contribution is 0.415. The second-order valence-electron chi connectivity index (χ2n) is 4.69. The Morgan fingerprint density at radius 2 is 2.18 bits per heavy atom. The predicted octanol–water partition coefficient (Wildman–Crippen LogP) is 3.53. The molecular weight excluding hydrogens is 296 g/mol. The van der Waals surface area contributed by atoms with E-state index >= 15 is 0 Å². The molecule has 5 nitrogen and oxygen atoms in total. The van der Waals surface area contributed by atoms with Gasteiger partial charge in [-0.1, -0.05) is 12.1 Å². The Labute approximate surface area is 130 Å². The minimum atomic E-state index is 0.808. The van der Waals surface area contributed by atoms with Crippen LogP contribution >= 0.6 is 11.3 Å². The SMILES string of the molecule is COc1cccc(-c2nc3sccn3c2-c2ccncn2)c1. The number of benzene rings is 1. The average Bonchev–Trinajstić information content (AvgIpc) is 3.16. The van der Waals surface area contributed by atoms with Crippen molar-refractivity contribution in [2.75, 3.05) is 7.11 Å². The summed E-state index contributed by atoms with van der Waals surface area (Å²) in [6.07, 6.45) is 5.30. The number of hydrogen-bond donors (Lipinski definition) is 0. The molecule has 0 aliphatic heterocycles. The summed E-state index contributed by atoms with van der Waals surface area (Å²) >= 11 is 1.60. The fourth-order valence-corrected chi connectivity index (χ4v) is 3.15. The highest BCUT2D eigenvalue weighted by Crippen LogP contribution is 2.34. The van der Waals surface area contributed by atoms with E-state index in [1.807, 2.05) is 41.9 Å². The molecule has 3 aromatic heterocycles. The molecule has 6 heteroatoms. The molecule has 0 bridgehead atoms. The topological polar surface area (TPSA) is 52.3 Å². The number of thiazole rings is 1. The van der Waals surface area contributed by atoms with Crippen molar-refractivity contribution in [2.24, 2.45) is 0 Å². The molecule has 0 aliphatic carbocycles. The van der Waals surface area contributed by atoms with Crippen molar-refractivity contribution < 1.29 is 4.74 Å². The zero-order chi connectivity index (χ0) is 14.9. The molecule has 0 saturated heterocycles. The molecule has 0 spiro atoms. The Morgan fingerprint density at radius 3 is 3.00 bits per heavy atom. The van der Waals surface area contributed by atoms with Crippen LogP contribution in [0.2, 0.25) is 0 Å². The van der Waals surface area contributed by atoms with Crippen molar-refractivity contribution >= 4 is 16.3 Å². The standard InChI is InChI=1S/C16H12N4OS/c1-21-12-4-2-3-11(9-12)14-15(13-5-6-17-10-18-13)20-7-8-22-16(20)19-14/h2-10H,1H3. The third-order valence-electron chi connectivity index (χ3n) is 3.43. The van der Waals surface area contributed by atoms with Crippen LogP contribution in [0.3, 0.4) is 0 Å². The molecule has 0 fully saturated rings. The third kappa shape index (κ3) is 2.05. The summed E-state index contributed by atoms with van der Waals surface area (Å²) in [5, 5.41) is 2.02. The molecule has 0 aliphatic rings. The van der Waals surface area contributed by atoms with Crippen molar-refractivity contribution in [3.63, 3.8) is 0 Å². The van der Waals surface area contributed by atoms with Gasteiger partial charge in [-0.3, -0.25) is 4.40 Å². The average molecular weight is 308 g/mol. The van der Waals surface area contributed by atoms with Gasteiger partial charge >= 0.3 is 0 Å². The summed E-state index contributed by atoms with van der Waals surface area (Å²) < 4.78 is 7.38. The van der Waals surface area contributed by atoms with Gasteiger partial charge in [-0.25, -0.2) is 15.0 Å². The highest BCUT2D eigenvalue weighted by Gasteiger charge is 2.17. The molecule has 0 saturated carbocycles. The van der Waals surface area contributed by atoms with Gasteiger partial charge in [0.15, 0.2) is 4.96 Å². The normalized spacial score (nSPS) is 11.0. The summed E-state index contributed by atoms with van der Waals surface area (Å²) in [6.45, 7) is 0. The first-order valence-electron chi connectivity index (χ1n) is 6.73. The Hall–Kier alpha value is -2.73. The number of rotatable bonds is 3. The molecule has 0 amide bonds. The van der Waals surface area contributed by atoms with Gasteiger partial charge in [0.25, 0.3) is 0 Å². The number of hydrogen-bond acceptors (Lipinski definition) is 5. The van der Waals surface area contributed by atoms with E-state index in [4.69, 9.17) is 9.72 Å². The monoisotopic (exact) mass is 308 g/mol. The minimum absolute atomic E-state index is 0.808. The van der Waals surface area contributed by atoms with Crippen LogP contribution in [0.1, 0.15) is 0 Å². The summed E-state index contributed by atoms with van der Waals surface area (Å²) in [5.41, 5.74) is 3.71. The van der Waals surface area contributed by atoms with Gasteiger partial charge in [-0.2, -0.15) is 0 Å². The minimum Gasteiger partial charge on any atom is -0.497 e. The van der Waals surface area contributed by atoms with Gasteiger partial charge in [0.05, 0.1) is 18.5 Å². The van der Waals surface area contributed by atoms with Gasteiger partial charge in [0, 0.05) is 23.3 Å². The molecule has 3 heterocycles. The first kappa shape index (κ1) is 13.0. The van der Waals surface area contributed by atoms with E-state index in [0.29, 0.717) is 0 Å². The molecule has 4 rings (SSSR count). The number of fused-ring (bicyclic) bond motifs is 1. The highest BCUT2D eigenvalue weighted by atomic mass is 32.1. The van der Waals surface area contributed by atoms with Crippen LogP contribution < -0.4 is 4.74 Å². The van der Waals surface area contributed by atoms with E-state index in [9.17, 15) is 0 Å². The zero-order valence-electron chi connectivity index (χ0n) is 11.8. The van der Waals surface area contributed by atoms with Crippen molar-refractivity contribution in [3.05, 3.63) is 54.4 Å². The van der Waals surface area contributed by atoms with E-state index in [1.165, 1.54) is 0 Å². The van der Waals surface area contributed by atoms with Crippen LogP contribution in [-0.2, 0) is 0 Å². The largest absolute Gasteiger partial charge is 0.497 e. The van der Waals surface area contributed by atoms with Crippen LogP contribution in [0.5, 0.6) is 5.75 Å². The van der Waals surface area contributed by atoms with Crippen LogP contribution in [0, 0.1) is 0 Å². The number of nitrogens with zero attached hydrogens (tertiary/aromatic N) is 4. The maximum atomic E-state index is 5.32. The third-order valence-corrected chi connectivity index (χ3v) is 4.19. The molecule has 22 heavy (non-hydrogen) atoms. The van der Waals surface area contributed by atoms with Gasteiger partial charge in [-0.15, -0.1) is 11.3 Å². The van der Waals surface area contributed by atoms with E-state index in [-0.39, 0.29) is 0 Å². The zero-order valence-corrected chi connectivity index (χ0v) is 12.6. The predicted molar refractivity (Wildman–Crippen MR) is 86.1 cm³/mol. The van der Waals surface area contributed by atoms with Crippen LogP contribution in [0.4, 0.5) is 0 Å². The molecule has 0 unspecified atom stereocenters. The van der Waals surface area contributed by atoms with E-state index in [0.717, 1.165) is 33.4 Å². The maximum absolute atomic E-state index is 5.32. The van der Waals surface area contributed by atoms with Gasteiger partial charge in [0.2, 0.25) is 0 Å². The van der Waals surface area contributed by atoms with E-state index in [2.05, 4.69) is 14.4 Å². The molecule has 108 valence electrons. The number of ether oxygens (including phenoxy) is 1.